The molecule has 4 unspecified atom stereocenters. The number of unbranched alkanes of at least 4 members (excludes halogenated alkanes) is 14. The van der Waals surface area contributed by atoms with Crippen LogP contribution in [0.25, 0.3) is 0 Å². The summed E-state index contributed by atoms with van der Waals surface area (Å²) in [5, 5.41) is 11.3. The molecule has 4 nitrogen and oxygen atoms in total. The second-order valence-corrected chi connectivity index (χ2v) is 14.9. The zero-order valence-electron chi connectivity index (χ0n) is 26.9. The van der Waals surface area contributed by atoms with Crippen LogP contribution in [0.1, 0.15) is 168 Å². The number of hydrogen-bond donors (Lipinski definition) is 1. The predicted octanol–water partition coefficient (Wildman–Crippen LogP) is 9.66. The lowest BCUT2D eigenvalue weighted by atomic mass is 9.47. The average Bonchev–Trinajstić information content (AvgIpc) is 3.25. The van der Waals surface area contributed by atoms with E-state index in [0.717, 1.165) is 51.4 Å². The van der Waals surface area contributed by atoms with Crippen LogP contribution in [0.2, 0.25) is 0 Å². The van der Waals surface area contributed by atoms with Gasteiger partial charge < -0.3 is 9.84 Å². The van der Waals surface area contributed by atoms with Crippen LogP contribution in [0.3, 0.4) is 0 Å². The molecule has 0 radical (unpaired) electrons. The lowest BCUT2D eigenvalue weighted by Gasteiger charge is -2.58. The molecule has 0 aliphatic heterocycles. The maximum atomic E-state index is 12.7. The largest absolute Gasteiger partial charge is 0.462 e. The van der Waals surface area contributed by atoms with Gasteiger partial charge >= 0.3 is 5.97 Å². The van der Waals surface area contributed by atoms with Crippen LogP contribution in [0.4, 0.5) is 0 Å². The van der Waals surface area contributed by atoms with Crippen molar-refractivity contribution in [3.05, 3.63) is 11.6 Å². The van der Waals surface area contributed by atoms with Crippen molar-refractivity contribution in [1.82, 2.24) is 0 Å². The van der Waals surface area contributed by atoms with E-state index in [9.17, 15) is 14.7 Å². The van der Waals surface area contributed by atoms with Crippen LogP contribution < -0.4 is 0 Å². The van der Waals surface area contributed by atoms with Crippen molar-refractivity contribution in [2.45, 2.75) is 181 Å². The van der Waals surface area contributed by atoms with Gasteiger partial charge in [0.1, 0.15) is 11.9 Å². The monoisotopic (exact) mass is 570 g/mol. The van der Waals surface area contributed by atoms with Crippen LogP contribution in [-0.4, -0.2) is 29.1 Å². The van der Waals surface area contributed by atoms with Gasteiger partial charge in [0, 0.05) is 24.7 Å². The molecular formula is C37H62O4. The van der Waals surface area contributed by atoms with Crippen molar-refractivity contribution in [2.24, 2.45) is 28.6 Å². The Labute approximate surface area is 251 Å². The number of fused-ring (bicyclic) bond motifs is 5. The molecule has 4 heteroatoms. The predicted molar refractivity (Wildman–Crippen MR) is 168 cm³/mol. The minimum atomic E-state index is -0.478. The van der Waals surface area contributed by atoms with Crippen molar-refractivity contribution < 1.29 is 19.4 Å². The van der Waals surface area contributed by atoms with Crippen molar-refractivity contribution in [1.29, 1.82) is 0 Å². The Kier molecular flexibility index (Phi) is 12.4. The molecule has 3 fully saturated rings. The van der Waals surface area contributed by atoms with Gasteiger partial charge in [0.15, 0.2) is 0 Å². The van der Waals surface area contributed by atoms with E-state index in [0.29, 0.717) is 30.5 Å². The molecular weight excluding hydrogens is 508 g/mol. The number of ketones is 1. The molecule has 0 saturated heterocycles. The highest BCUT2D eigenvalue weighted by molar-refractivity contribution is 5.87. The summed E-state index contributed by atoms with van der Waals surface area (Å²) in [7, 11) is 0. The minimum Gasteiger partial charge on any atom is -0.462 e. The van der Waals surface area contributed by atoms with E-state index in [1.54, 1.807) is 0 Å². The number of carbonyl (C=O) groups is 2. The van der Waals surface area contributed by atoms with Gasteiger partial charge in [-0.3, -0.25) is 9.59 Å². The van der Waals surface area contributed by atoms with Crippen LogP contribution in [-0.2, 0) is 14.3 Å². The summed E-state index contributed by atoms with van der Waals surface area (Å²) in [6.07, 6.45) is 28.3. The van der Waals surface area contributed by atoms with Gasteiger partial charge in [0.05, 0.1) is 6.10 Å². The van der Waals surface area contributed by atoms with Gasteiger partial charge in [-0.25, -0.2) is 0 Å². The van der Waals surface area contributed by atoms with Gasteiger partial charge in [-0.2, -0.15) is 0 Å². The van der Waals surface area contributed by atoms with E-state index < -0.39 is 6.10 Å². The SMILES string of the molecule is CCCCCCCCCCCCCCCCCC(=O)O[C@H]1CC[C@@]2(C)C(=CC(O)C3C2CC[C@]2(C)C(=O)CCC32)C1. The van der Waals surface area contributed by atoms with E-state index in [-0.39, 0.29) is 28.8 Å². The first-order valence-electron chi connectivity index (χ1n) is 17.9. The number of Topliss-reactive ketones (excluding diaryl/α,β-unsaturated/α-hetero) is 1. The summed E-state index contributed by atoms with van der Waals surface area (Å²) in [4.78, 5) is 25.3. The van der Waals surface area contributed by atoms with E-state index in [1.165, 1.54) is 89.0 Å². The smallest absolute Gasteiger partial charge is 0.306 e. The van der Waals surface area contributed by atoms with Crippen molar-refractivity contribution >= 4 is 11.8 Å². The van der Waals surface area contributed by atoms with Crippen molar-refractivity contribution in [3.63, 3.8) is 0 Å². The fraction of sp³-hybridized carbons (Fsp3) is 0.892. The summed E-state index contributed by atoms with van der Waals surface area (Å²) < 4.78 is 5.97. The molecule has 4 aliphatic carbocycles. The first kappa shape index (κ1) is 32.7. The third-order valence-corrected chi connectivity index (χ3v) is 12.1. The van der Waals surface area contributed by atoms with E-state index in [2.05, 4.69) is 26.8 Å². The van der Waals surface area contributed by atoms with E-state index >= 15 is 0 Å². The number of carbonyl (C=O) groups excluding carboxylic acids is 2. The van der Waals surface area contributed by atoms with Crippen LogP contribution in [0, 0.1) is 28.6 Å². The molecule has 3 saturated carbocycles. The second kappa shape index (κ2) is 15.5. The molecule has 234 valence electrons. The highest BCUT2D eigenvalue weighted by Gasteiger charge is 2.60. The fourth-order valence-electron chi connectivity index (χ4n) is 9.37. The van der Waals surface area contributed by atoms with Gasteiger partial charge in [-0.05, 0) is 61.7 Å². The molecule has 0 aromatic carbocycles. The molecule has 4 rings (SSSR count). The van der Waals surface area contributed by atoms with Gasteiger partial charge in [-0.1, -0.05) is 122 Å². The van der Waals surface area contributed by atoms with Gasteiger partial charge in [0.2, 0.25) is 0 Å². The molecule has 1 N–H and O–H groups in total. The molecule has 0 aromatic rings. The van der Waals surface area contributed by atoms with E-state index in [1.807, 2.05) is 0 Å². The highest BCUT2D eigenvalue weighted by atomic mass is 16.5. The molecule has 0 aromatic heterocycles. The molecule has 0 heterocycles. The zero-order valence-corrected chi connectivity index (χ0v) is 26.9. The van der Waals surface area contributed by atoms with Gasteiger partial charge in [-0.15, -0.1) is 0 Å². The third-order valence-electron chi connectivity index (χ3n) is 12.1. The lowest BCUT2D eigenvalue weighted by Crippen LogP contribution is -2.54. The molecule has 4 aliphatic rings. The molecule has 7 atom stereocenters. The summed E-state index contributed by atoms with van der Waals surface area (Å²) >= 11 is 0. The van der Waals surface area contributed by atoms with Gasteiger partial charge in [0.25, 0.3) is 0 Å². The Morgan fingerprint density at radius 2 is 1.34 bits per heavy atom. The first-order valence-corrected chi connectivity index (χ1v) is 17.9. The Balaban J connectivity index is 1.08. The summed E-state index contributed by atoms with van der Waals surface area (Å²) in [6.45, 7) is 6.82. The quantitative estimate of drug-likeness (QED) is 0.107. The van der Waals surface area contributed by atoms with E-state index in [4.69, 9.17) is 4.74 Å². The first-order chi connectivity index (χ1) is 19.8. The van der Waals surface area contributed by atoms with Crippen molar-refractivity contribution in [3.8, 4) is 0 Å². The maximum Gasteiger partial charge on any atom is 0.306 e. The number of aliphatic hydroxyl groups excluding tert-OH is 1. The third kappa shape index (κ3) is 8.07. The summed E-state index contributed by atoms with van der Waals surface area (Å²) in [5.41, 5.74) is 1.13. The minimum absolute atomic E-state index is 0.0407. The Morgan fingerprint density at radius 3 is 1.95 bits per heavy atom. The maximum absolute atomic E-state index is 12.7. The normalized spacial score (nSPS) is 34.5. The standard InChI is InChI=1S/C37H62O4/c1-4-5-6-7-8-9-10-11-12-13-14-15-16-17-18-19-34(40)41-29-22-24-36(2)28(26-29)27-32(38)35-30-20-21-33(39)37(30,3)25-23-31(35)36/h27,29-32,35,38H,4-26H2,1-3H3/t29-,30?,31?,32?,35?,36-,37-/m0/s1. The molecule has 0 spiro atoms. The number of ether oxygens (including phenoxy) is 1. The Bertz CT molecular complexity index is 878. The topological polar surface area (TPSA) is 63.6 Å². The van der Waals surface area contributed by atoms with Crippen LogP contribution in [0.5, 0.6) is 0 Å². The Morgan fingerprint density at radius 1 is 0.805 bits per heavy atom. The number of aliphatic hydroxyl groups is 1. The Hall–Kier alpha value is -1.16. The summed E-state index contributed by atoms with van der Waals surface area (Å²) in [5.74, 6) is 1.30. The number of esters is 1. The highest BCUT2D eigenvalue weighted by Crippen LogP contribution is 2.64. The number of rotatable bonds is 17. The number of hydrogen-bond acceptors (Lipinski definition) is 4. The van der Waals surface area contributed by atoms with Crippen LogP contribution in [0.15, 0.2) is 11.6 Å². The van der Waals surface area contributed by atoms with Crippen LogP contribution >= 0.6 is 0 Å². The fourth-order valence-corrected chi connectivity index (χ4v) is 9.37. The molecule has 0 amide bonds. The zero-order chi connectivity index (χ0) is 29.3. The lowest BCUT2D eigenvalue weighted by molar-refractivity contribution is -0.152. The summed E-state index contributed by atoms with van der Waals surface area (Å²) in [6, 6.07) is 0. The second-order valence-electron chi connectivity index (χ2n) is 14.9. The molecule has 41 heavy (non-hydrogen) atoms. The average molecular weight is 571 g/mol. The molecule has 0 bridgehead atoms. The van der Waals surface area contributed by atoms with Crippen molar-refractivity contribution in [2.75, 3.05) is 0 Å².